The minimum absolute atomic E-state index is 0.0521. The molecule has 0 amide bonds. The summed E-state index contributed by atoms with van der Waals surface area (Å²) in [4.78, 5) is 10.8. The molecule has 2 N–H and O–H groups in total. The second kappa shape index (κ2) is 5.84. The number of thiophene rings is 1. The molecule has 20 heavy (non-hydrogen) atoms. The maximum absolute atomic E-state index is 12.2. The number of nitrogens with one attached hydrogen (secondary N) is 1. The fourth-order valence-electron chi connectivity index (χ4n) is 1.34. The Hall–Kier alpha value is -0.900. The molecule has 9 heteroatoms. The Kier molecular flexibility index (Phi) is 4.52. The molecule has 0 bridgehead atoms. The predicted octanol–water partition coefficient (Wildman–Crippen LogP) is 3.77. The average molecular weight is 441 g/mol. The van der Waals surface area contributed by atoms with Crippen LogP contribution in [-0.2, 0) is 10.0 Å². The summed E-state index contributed by atoms with van der Waals surface area (Å²) >= 11 is 7.35. The van der Waals surface area contributed by atoms with Gasteiger partial charge in [-0.3, -0.25) is 4.72 Å². The van der Waals surface area contributed by atoms with Gasteiger partial charge in [0.05, 0.1) is 11.3 Å². The van der Waals surface area contributed by atoms with Gasteiger partial charge in [-0.05, 0) is 40.2 Å². The van der Waals surface area contributed by atoms with Crippen LogP contribution >= 0.6 is 43.2 Å². The maximum atomic E-state index is 12.2. The molecule has 2 rings (SSSR count). The summed E-state index contributed by atoms with van der Waals surface area (Å²) in [6.45, 7) is 0. The van der Waals surface area contributed by atoms with Gasteiger partial charge >= 0.3 is 5.97 Å². The molecule has 0 saturated heterocycles. The van der Waals surface area contributed by atoms with Gasteiger partial charge in [0.2, 0.25) is 0 Å². The monoisotopic (exact) mass is 439 g/mol. The van der Waals surface area contributed by atoms with E-state index in [1.165, 1.54) is 5.38 Å². The molecular formula is C11H7Br2NO4S2. The van der Waals surface area contributed by atoms with Crippen molar-refractivity contribution in [1.82, 2.24) is 0 Å². The highest BCUT2D eigenvalue weighted by atomic mass is 79.9. The number of anilines is 1. The predicted molar refractivity (Wildman–Crippen MR) is 83.9 cm³/mol. The molecular weight excluding hydrogens is 434 g/mol. The standard InChI is InChI=1S/C11H7Br2NO4S2/c12-7-1-2-8(13)9(4-7)14-20(17,18)10-3-6(5-19-10)11(15)16/h1-5,14H,(H,15,16). The van der Waals surface area contributed by atoms with E-state index in [2.05, 4.69) is 36.6 Å². The summed E-state index contributed by atoms with van der Waals surface area (Å²) in [6.07, 6.45) is 0. The van der Waals surface area contributed by atoms with Crippen LogP contribution < -0.4 is 4.72 Å². The van der Waals surface area contributed by atoms with Crippen LogP contribution in [0.15, 0.2) is 42.8 Å². The normalized spacial score (nSPS) is 11.3. The van der Waals surface area contributed by atoms with Crippen LogP contribution in [0, 0.1) is 0 Å². The average Bonchev–Trinajstić information content (AvgIpc) is 2.84. The van der Waals surface area contributed by atoms with Gasteiger partial charge in [0.1, 0.15) is 4.21 Å². The molecule has 0 aliphatic heterocycles. The van der Waals surface area contributed by atoms with Crippen molar-refractivity contribution in [2.75, 3.05) is 4.72 Å². The van der Waals surface area contributed by atoms with E-state index in [1.807, 2.05) is 0 Å². The second-order valence-corrected chi connectivity index (χ2v) is 8.28. The molecule has 0 aliphatic rings. The van der Waals surface area contributed by atoms with Crippen LogP contribution in [0.1, 0.15) is 10.4 Å². The van der Waals surface area contributed by atoms with Gasteiger partial charge in [0, 0.05) is 14.3 Å². The second-order valence-electron chi connectivity index (χ2n) is 3.69. The zero-order valence-corrected chi connectivity index (χ0v) is 14.4. The van der Waals surface area contributed by atoms with Crippen molar-refractivity contribution in [3.8, 4) is 0 Å². The number of carboxylic acids is 1. The molecule has 0 saturated carbocycles. The van der Waals surface area contributed by atoms with E-state index in [4.69, 9.17) is 5.11 Å². The lowest BCUT2D eigenvalue weighted by Gasteiger charge is -2.08. The Morgan fingerprint density at radius 3 is 2.55 bits per heavy atom. The number of hydrogen-bond acceptors (Lipinski definition) is 4. The van der Waals surface area contributed by atoms with E-state index in [-0.39, 0.29) is 9.77 Å². The summed E-state index contributed by atoms with van der Waals surface area (Å²) in [6, 6.07) is 6.18. The van der Waals surface area contributed by atoms with E-state index in [0.717, 1.165) is 21.9 Å². The zero-order valence-electron chi connectivity index (χ0n) is 9.63. The largest absolute Gasteiger partial charge is 0.478 e. The SMILES string of the molecule is O=C(O)c1csc(S(=O)(=O)Nc2cc(Br)ccc2Br)c1. The van der Waals surface area contributed by atoms with Crippen LogP contribution in [0.2, 0.25) is 0 Å². The van der Waals surface area contributed by atoms with Crippen LogP contribution in [-0.4, -0.2) is 19.5 Å². The Morgan fingerprint density at radius 1 is 1.25 bits per heavy atom. The lowest BCUT2D eigenvalue weighted by Crippen LogP contribution is -2.12. The molecule has 0 atom stereocenters. The summed E-state index contributed by atoms with van der Waals surface area (Å²) in [7, 11) is -3.81. The smallest absolute Gasteiger partial charge is 0.336 e. The molecule has 0 radical (unpaired) electrons. The van der Waals surface area contributed by atoms with E-state index in [9.17, 15) is 13.2 Å². The van der Waals surface area contributed by atoms with Gasteiger partial charge in [-0.1, -0.05) is 15.9 Å². The quantitative estimate of drug-likeness (QED) is 0.757. The van der Waals surface area contributed by atoms with Crippen molar-refractivity contribution in [2.45, 2.75) is 4.21 Å². The highest BCUT2D eigenvalue weighted by Gasteiger charge is 2.20. The summed E-state index contributed by atoms with van der Waals surface area (Å²) < 4.78 is 28.0. The number of benzene rings is 1. The van der Waals surface area contributed by atoms with E-state index in [1.54, 1.807) is 18.2 Å². The molecule has 0 spiro atoms. The zero-order chi connectivity index (χ0) is 14.9. The number of sulfonamides is 1. The Balaban J connectivity index is 2.35. The number of rotatable bonds is 4. The summed E-state index contributed by atoms with van der Waals surface area (Å²) in [5.74, 6) is -1.16. The van der Waals surface area contributed by atoms with Crippen molar-refractivity contribution in [3.63, 3.8) is 0 Å². The summed E-state index contributed by atoms with van der Waals surface area (Å²) in [5.41, 5.74) is 0.313. The van der Waals surface area contributed by atoms with Crippen molar-refractivity contribution >= 4 is 64.9 Å². The Bertz CT molecular complexity index is 770. The number of halogens is 2. The first-order valence-electron chi connectivity index (χ1n) is 5.09. The maximum Gasteiger partial charge on any atom is 0.336 e. The highest BCUT2D eigenvalue weighted by Crippen LogP contribution is 2.29. The molecule has 1 aromatic heterocycles. The topological polar surface area (TPSA) is 83.5 Å². The third-order valence-electron chi connectivity index (χ3n) is 2.26. The fourth-order valence-corrected chi connectivity index (χ4v) is 4.40. The summed E-state index contributed by atoms with van der Waals surface area (Å²) in [5, 5.41) is 10.1. The first-order valence-corrected chi connectivity index (χ1v) is 9.04. The number of carbonyl (C=O) groups is 1. The van der Waals surface area contributed by atoms with Crippen molar-refractivity contribution in [1.29, 1.82) is 0 Å². The van der Waals surface area contributed by atoms with Crippen LogP contribution in [0.4, 0.5) is 5.69 Å². The van der Waals surface area contributed by atoms with Gasteiger partial charge in [-0.2, -0.15) is 0 Å². The number of hydrogen-bond donors (Lipinski definition) is 2. The Labute approximate surface area is 135 Å². The van der Waals surface area contributed by atoms with Crippen LogP contribution in [0.5, 0.6) is 0 Å². The first kappa shape index (κ1) is 15.5. The van der Waals surface area contributed by atoms with Gasteiger partial charge in [0.15, 0.2) is 0 Å². The van der Waals surface area contributed by atoms with Crippen molar-refractivity contribution < 1.29 is 18.3 Å². The first-order chi connectivity index (χ1) is 9.29. The molecule has 0 aliphatic carbocycles. The lowest BCUT2D eigenvalue weighted by molar-refractivity contribution is 0.0697. The van der Waals surface area contributed by atoms with Crippen LogP contribution in [0.25, 0.3) is 0 Å². The van der Waals surface area contributed by atoms with Gasteiger partial charge in [-0.15, -0.1) is 11.3 Å². The molecule has 106 valence electrons. The van der Waals surface area contributed by atoms with Gasteiger partial charge in [-0.25, -0.2) is 13.2 Å². The number of aromatic carboxylic acids is 1. The molecule has 5 nitrogen and oxygen atoms in total. The van der Waals surface area contributed by atoms with Crippen molar-refractivity contribution in [2.24, 2.45) is 0 Å². The van der Waals surface area contributed by atoms with Gasteiger partial charge < -0.3 is 5.11 Å². The van der Waals surface area contributed by atoms with E-state index in [0.29, 0.717) is 10.2 Å². The Morgan fingerprint density at radius 2 is 1.95 bits per heavy atom. The molecule has 2 aromatic rings. The van der Waals surface area contributed by atoms with E-state index >= 15 is 0 Å². The fraction of sp³-hybridized carbons (Fsp3) is 0. The number of carboxylic acid groups (broad SMARTS) is 1. The van der Waals surface area contributed by atoms with Crippen molar-refractivity contribution in [3.05, 3.63) is 44.2 Å². The van der Waals surface area contributed by atoms with Crippen LogP contribution in [0.3, 0.4) is 0 Å². The highest BCUT2D eigenvalue weighted by molar-refractivity contribution is 9.11. The lowest BCUT2D eigenvalue weighted by atomic mass is 10.3. The minimum atomic E-state index is -3.81. The minimum Gasteiger partial charge on any atom is -0.478 e. The third kappa shape index (κ3) is 3.40. The molecule has 0 fully saturated rings. The molecule has 0 unspecified atom stereocenters. The molecule has 1 aromatic carbocycles. The molecule has 1 heterocycles. The van der Waals surface area contributed by atoms with E-state index < -0.39 is 16.0 Å². The van der Waals surface area contributed by atoms with Gasteiger partial charge in [0.25, 0.3) is 10.0 Å². The third-order valence-corrected chi connectivity index (χ3v) is 6.25.